The second-order valence-corrected chi connectivity index (χ2v) is 6.39. The molecule has 88 valence electrons. The Labute approximate surface area is 98.2 Å². The Morgan fingerprint density at radius 1 is 1.47 bits per heavy atom. The van der Waals surface area contributed by atoms with Gasteiger partial charge < -0.3 is 5.32 Å². The average Bonchev–Trinajstić information content (AvgIpc) is 2.71. The summed E-state index contributed by atoms with van der Waals surface area (Å²) < 4.78 is 0. The number of piperazine rings is 1. The molecule has 0 aliphatic carbocycles. The summed E-state index contributed by atoms with van der Waals surface area (Å²) in [6.45, 7) is 9.68. The van der Waals surface area contributed by atoms with Gasteiger partial charge in [-0.15, -0.1) is 0 Å². The van der Waals surface area contributed by atoms with Gasteiger partial charge in [-0.3, -0.25) is 4.90 Å². The van der Waals surface area contributed by atoms with Crippen molar-refractivity contribution >= 4 is 11.8 Å². The van der Waals surface area contributed by atoms with Crippen molar-refractivity contribution in [3.63, 3.8) is 0 Å². The third-order valence-corrected chi connectivity index (χ3v) is 4.92. The van der Waals surface area contributed by atoms with Crippen LogP contribution in [0.15, 0.2) is 0 Å². The number of rotatable bonds is 3. The van der Waals surface area contributed by atoms with Gasteiger partial charge in [0, 0.05) is 32.2 Å². The van der Waals surface area contributed by atoms with Crippen LogP contribution in [-0.2, 0) is 0 Å². The normalized spacial score (nSPS) is 33.8. The highest BCUT2D eigenvalue weighted by atomic mass is 32.2. The summed E-state index contributed by atoms with van der Waals surface area (Å²) in [5, 5.41) is 3.52. The van der Waals surface area contributed by atoms with Gasteiger partial charge in [-0.1, -0.05) is 13.8 Å². The molecular weight excluding hydrogens is 204 g/mol. The Morgan fingerprint density at radius 2 is 2.33 bits per heavy atom. The molecule has 1 N–H and O–H groups in total. The maximum Gasteiger partial charge on any atom is 0.0244 e. The van der Waals surface area contributed by atoms with Crippen LogP contribution in [0.1, 0.15) is 20.3 Å². The van der Waals surface area contributed by atoms with Gasteiger partial charge in [0.15, 0.2) is 0 Å². The van der Waals surface area contributed by atoms with Crippen molar-refractivity contribution in [2.75, 3.05) is 37.7 Å². The lowest BCUT2D eigenvalue weighted by atomic mass is 9.98. The molecule has 0 bridgehead atoms. The maximum atomic E-state index is 3.52. The first kappa shape index (κ1) is 11.7. The van der Waals surface area contributed by atoms with Gasteiger partial charge in [0.1, 0.15) is 0 Å². The highest BCUT2D eigenvalue weighted by Gasteiger charge is 2.27. The molecule has 3 heteroatoms. The summed E-state index contributed by atoms with van der Waals surface area (Å²) >= 11 is 2.14. The topological polar surface area (TPSA) is 15.3 Å². The van der Waals surface area contributed by atoms with Crippen LogP contribution in [-0.4, -0.2) is 48.6 Å². The van der Waals surface area contributed by atoms with Crippen molar-refractivity contribution < 1.29 is 0 Å². The third-order valence-electron chi connectivity index (χ3n) is 3.68. The SMILES string of the molecule is CC(C)C1CNCCN1CC1CCSC1. The zero-order valence-electron chi connectivity index (χ0n) is 10.0. The lowest BCUT2D eigenvalue weighted by Gasteiger charge is -2.39. The Kier molecular flexibility index (Phi) is 4.35. The fraction of sp³-hybridized carbons (Fsp3) is 1.00. The number of nitrogens with one attached hydrogen (secondary N) is 1. The van der Waals surface area contributed by atoms with E-state index in [0.717, 1.165) is 17.9 Å². The van der Waals surface area contributed by atoms with Gasteiger partial charge in [0.25, 0.3) is 0 Å². The summed E-state index contributed by atoms with van der Waals surface area (Å²) in [6.07, 6.45) is 1.44. The molecule has 0 amide bonds. The number of hydrogen-bond acceptors (Lipinski definition) is 3. The summed E-state index contributed by atoms with van der Waals surface area (Å²) in [7, 11) is 0. The summed E-state index contributed by atoms with van der Waals surface area (Å²) in [4.78, 5) is 2.73. The lowest BCUT2D eigenvalue weighted by Crippen LogP contribution is -2.54. The van der Waals surface area contributed by atoms with E-state index in [0.29, 0.717) is 0 Å². The van der Waals surface area contributed by atoms with Crippen LogP contribution in [0.5, 0.6) is 0 Å². The molecule has 0 radical (unpaired) electrons. The van der Waals surface area contributed by atoms with E-state index in [-0.39, 0.29) is 0 Å². The van der Waals surface area contributed by atoms with Crippen LogP contribution in [0.3, 0.4) is 0 Å². The fourth-order valence-electron chi connectivity index (χ4n) is 2.71. The second kappa shape index (κ2) is 5.55. The van der Waals surface area contributed by atoms with E-state index >= 15 is 0 Å². The largest absolute Gasteiger partial charge is 0.314 e. The molecule has 2 unspecified atom stereocenters. The zero-order chi connectivity index (χ0) is 10.7. The van der Waals surface area contributed by atoms with Crippen LogP contribution < -0.4 is 5.32 Å². The van der Waals surface area contributed by atoms with Crippen molar-refractivity contribution in [1.82, 2.24) is 10.2 Å². The molecule has 0 aromatic carbocycles. The first-order chi connectivity index (χ1) is 7.27. The van der Waals surface area contributed by atoms with E-state index < -0.39 is 0 Å². The zero-order valence-corrected chi connectivity index (χ0v) is 10.9. The van der Waals surface area contributed by atoms with Crippen molar-refractivity contribution in [2.45, 2.75) is 26.3 Å². The number of nitrogens with zero attached hydrogens (tertiary/aromatic N) is 1. The predicted octanol–water partition coefficient (Wildman–Crippen LogP) is 1.67. The van der Waals surface area contributed by atoms with Crippen molar-refractivity contribution in [3.8, 4) is 0 Å². The molecule has 2 fully saturated rings. The molecular formula is C12H24N2S. The van der Waals surface area contributed by atoms with Crippen LogP contribution in [0, 0.1) is 11.8 Å². The van der Waals surface area contributed by atoms with Gasteiger partial charge in [0.05, 0.1) is 0 Å². The minimum absolute atomic E-state index is 0.768. The Balaban J connectivity index is 1.86. The molecule has 0 aromatic heterocycles. The van der Waals surface area contributed by atoms with Crippen LogP contribution in [0.2, 0.25) is 0 Å². The van der Waals surface area contributed by atoms with Crippen molar-refractivity contribution in [1.29, 1.82) is 0 Å². The molecule has 2 nitrogen and oxygen atoms in total. The van der Waals surface area contributed by atoms with Crippen molar-refractivity contribution in [2.24, 2.45) is 11.8 Å². The molecule has 2 atom stereocenters. The molecule has 0 saturated carbocycles. The monoisotopic (exact) mass is 228 g/mol. The van der Waals surface area contributed by atoms with Crippen LogP contribution in [0.4, 0.5) is 0 Å². The van der Waals surface area contributed by atoms with Gasteiger partial charge in [0.2, 0.25) is 0 Å². The predicted molar refractivity (Wildman–Crippen MR) is 68.5 cm³/mol. The van der Waals surface area contributed by atoms with E-state index in [9.17, 15) is 0 Å². The van der Waals surface area contributed by atoms with E-state index in [1.54, 1.807) is 0 Å². The van der Waals surface area contributed by atoms with Crippen LogP contribution in [0.25, 0.3) is 0 Å². The van der Waals surface area contributed by atoms with Gasteiger partial charge >= 0.3 is 0 Å². The van der Waals surface area contributed by atoms with Gasteiger partial charge in [-0.05, 0) is 29.8 Å². The Bertz CT molecular complexity index is 190. The first-order valence-electron chi connectivity index (χ1n) is 6.30. The second-order valence-electron chi connectivity index (χ2n) is 5.24. The molecule has 2 aliphatic rings. The lowest BCUT2D eigenvalue weighted by molar-refractivity contribution is 0.109. The highest BCUT2D eigenvalue weighted by Crippen LogP contribution is 2.25. The van der Waals surface area contributed by atoms with E-state index in [2.05, 4.69) is 35.8 Å². The molecule has 2 aliphatic heterocycles. The fourth-order valence-corrected chi connectivity index (χ4v) is 3.98. The number of thioether (sulfide) groups is 1. The summed E-state index contributed by atoms with van der Waals surface area (Å²) in [5.74, 6) is 4.54. The number of hydrogen-bond donors (Lipinski definition) is 1. The first-order valence-corrected chi connectivity index (χ1v) is 7.45. The Hall–Kier alpha value is 0.270. The highest BCUT2D eigenvalue weighted by molar-refractivity contribution is 7.99. The molecule has 2 heterocycles. The average molecular weight is 228 g/mol. The molecule has 2 saturated heterocycles. The summed E-state index contributed by atoms with van der Waals surface area (Å²) in [5.41, 5.74) is 0. The standard InChI is InChI=1S/C12H24N2S/c1-10(2)12-7-13-4-5-14(12)8-11-3-6-15-9-11/h10-13H,3-9H2,1-2H3. The van der Waals surface area contributed by atoms with Crippen LogP contribution >= 0.6 is 11.8 Å². The molecule has 0 aromatic rings. The minimum atomic E-state index is 0.768. The van der Waals surface area contributed by atoms with Gasteiger partial charge in [-0.25, -0.2) is 0 Å². The molecule has 2 rings (SSSR count). The van der Waals surface area contributed by atoms with E-state index in [1.165, 1.54) is 44.1 Å². The van der Waals surface area contributed by atoms with E-state index in [4.69, 9.17) is 0 Å². The van der Waals surface area contributed by atoms with E-state index in [1.807, 2.05) is 0 Å². The minimum Gasteiger partial charge on any atom is -0.314 e. The maximum absolute atomic E-state index is 3.52. The quantitative estimate of drug-likeness (QED) is 0.791. The smallest absolute Gasteiger partial charge is 0.0244 e. The molecule has 0 spiro atoms. The Morgan fingerprint density at radius 3 is 3.00 bits per heavy atom. The molecule has 15 heavy (non-hydrogen) atoms. The summed E-state index contributed by atoms with van der Waals surface area (Å²) in [6, 6.07) is 0.768. The van der Waals surface area contributed by atoms with Gasteiger partial charge in [-0.2, -0.15) is 11.8 Å². The van der Waals surface area contributed by atoms with Crippen molar-refractivity contribution in [3.05, 3.63) is 0 Å². The third kappa shape index (κ3) is 3.11.